The van der Waals surface area contributed by atoms with Crippen molar-refractivity contribution in [3.05, 3.63) is 65.7 Å². The van der Waals surface area contributed by atoms with Crippen LogP contribution in [0, 0.1) is 0 Å². The summed E-state index contributed by atoms with van der Waals surface area (Å²) in [6.45, 7) is 1.76. The molecule has 3 aliphatic rings. The van der Waals surface area contributed by atoms with Gasteiger partial charge in [-0.25, -0.2) is 0 Å². The van der Waals surface area contributed by atoms with E-state index in [0.29, 0.717) is 63.5 Å². The number of unbranched alkanes of at least 4 members (excludes halogenated alkanes) is 2. The van der Waals surface area contributed by atoms with Gasteiger partial charge in [0.05, 0.1) is 13.8 Å². The topological polar surface area (TPSA) is 99.3 Å². The highest BCUT2D eigenvalue weighted by Crippen LogP contribution is 2.40. The molecule has 1 spiro atoms. The normalized spacial score (nSPS) is 18.5. The fourth-order valence-corrected chi connectivity index (χ4v) is 7.05. The van der Waals surface area contributed by atoms with E-state index in [2.05, 4.69) is 27.1 Å². The highest BCUT2D eigenvalue weighted by atomic mass is 16.5. The van der Waals surface area contributed by atoms with Crippen LogP contribution in [0.4, 0.5) is 5.69 Å². The van der Waals surface area contributed by atoms with Gasteiger partial charge in [-0.1, -0.05) is 56.0 Å². The van der Waals surface area contributed by atoms with Crippen molar-refractivity contribution in [1.82, 2.24) is 15.1 Å². The fourth-order valence-electron chi connectivity index (χ4n) is 7.05. The Bertz CT molecular complexity index is 1280. The van der Waals surface area contributed by atoms with Crippen LogP contribution < -0.4 is 10.2 Å². The van der Waals surface area contributed by atoms with Gasteiger partial charge < -0.3 is 24.8 Å². The zero-order valence-electron chi connectivity index (χ0n) is 26.0. The van der Waals surface area contributed by atoms with Crippen molar-refractivity contribution in [2.75, 3.05) is 44.9 Å². The van der Waals surface area contributed by atoms with Gasteiger partial charge in [0.2, 0.25) is 5.91 Å². The van der Waals surface area contributed by atoms with Crippen LogP contribution >= 0.6 is 0 Å². The van der Waals surface area contributed by atoms with Crippen LogP contribution in [-0.4, -0.2) is 79.0 Å². The maximum absolute atomic E-state index is 14.0. The van der Waals surface area contributed by atoms with Crippen molar-refractivity contribution >= 4 is 29.4 Å². The van der Waals surface area contributed by atoms with Crippen LogP contribution in [0.1, 0.15) is 92.5 Å². The number of hydrogen-bond acceptors (Lipinski definition) is 6. The molecule has 0 unspecified atom stereocenters. The molecule has 2 aliphatic heterocycles. The lowest BCUT2D eigenvalue weighted by molar-refractivity contribution is -0.140. The second-order valence-corrected chi connectivity index (χ2v) is 12.4. The molecule has 2 aromatic rings. The number of ether oxygens (including phenoxy) is 1. The molecule has 3 fully saturated rings. The van der Waals surface area contributed by atoms with Crippen LogP contribution in [0.15, 0.2) is 54.6 Å². The van der Waals surface area contributed by atoms with Crippen LogP contribution in [-0.2, 0) is 19.1 Å². The van der Waals surface area contributed by atoms with Crippen molar-refractivity contribution in [2.24, 2.45) is 0 Å². The maximum atomic E-state index is 14.0. The van der Waals surface area contributed by atoms with Gasteiger partial charge in [0.15, 0.2) is 0 Å². The average Bonchev–Trinajstić information content (AvgIpc) is 3.33. The van der Waals surface area contributed by atoms with E-state index >= 15 is 0 Å². The molecule has 2 aromatic carbocycles. The van der Waals surface area contributed by atoms with Gasteiger partial charge in [-0.15, -0.1) is 0 Å². The number of methoxy groups -OCH3 is 1. The first-order valence-electron chi connectivity index (χ1n) is 16.3. The van der Waals surface area contributed by atoms with E-state index < -0.39 is 5.54 Å². The summed E-state index contributed by atoms with van der Waals surface area (Å²) in [7, 11) is 1.38. The maximum Gasteiger partial charge on any atom is 0.305 e. The van der Waals surface area contributed by atoms with E-state index in [4.69, 9.17) is 0 Å². The quantitative estimate of drug-likeness (QED) is 0.291. The third-order valence-electron chi connectivity index (χ3n) is 9.64. The van der Waals surface area contributed by atoms with Crippen LogP contribution in [0.5, 0.6) is 0 Å². The molecule has 2 heterocycles. The standard InChI is InChI=1S/C35H46N4O5/c1-44-32(41)15-9-4-10-22-36-31(40)25-38-26-39(30-13-7-3-8-14-30)35(34(38)43)20-23-37(24-21-35)33(42)29-18-16-28(17-19-29)27-11-5-2-6-12-27/h3,7-8,13-14,16-19,27H,2,4-6,9-12,15,20-26H2,1H3,(H,36,40). The number of para-hydroxylation sites is 1. The molecule has 3 amide bonds. The lowest BCUT2D eigenvalue weighted by Gasteiger charge is -2.43. The molecule has 44 heavy (non-hydrogen) atoms. The molecule has 0 bridgehead atoms. The number of amides is 3. The third kappa shape index (κ3) is 7.25. The molecule has 9 heteroatoms. The molecule has 1 aliphatic carbocycles. The SMILES string of the molecule is COC(=O)CCCCCNC(=O)CN1CN(c2ccccc2)C2(CCN(C(=O)c3ccc(C4CCCCC4)cc3)CC2)C1=O. The van der Waals surface area contributed by atoms with E-state index in [1.165, 1.54) is 44.8 Å². The lowest BCUT2D eigenvalue weighted by atomic mass is 9.83. The first-order valence-corrected chi connectivity index (χ1v) is 16.3. The third-order valence-corrected chi connectivity index (χ3v) is 9.64. The summed E-state index contributed by atoms with van der Waals surface area (Å²) in [5.41, 5.74) is 2.17. The molecule has 9 nitrogen and oxygen atoms in total. The molecular weight excluding hydrogens is 556 g/mol. The number of hydrogen-bond donors (Lipinski definition) is 1. The van der Waals surface area contributed by atoms with Gasteiger partial charge >= 0.3 is 5.97 Å². The first kappa shape index (κ1) is 31.5. The van der Waals surface area contributed by atoms with Gasteiger partial charge in [0.25, 0.3) is 11.8 Å². The number of likely N-dealkylation sites (tertiary alicyclic amines) is 1. The number of esters is 1. The Kier molecular flexibility index (Phi) is 10.6. The molecule has 1 saturated carbocycles. The van der Waals surface area contributed by atoms with Gasteiger partial charge in [-0.05, 0) is 74.3 Å². The molecule has 236 valence electrons. The van der Waals surface area contributed by atoms with Crippen LogP contribution in [0.2, 0.25) is 0 Å². The predicted octanol–water partition coefficient (Wildman–Crippen LogP) is 4.87. The number of piperidine rings is 1. The Balaban J connectivity index is 1.19. The fraction of sp³-hybridized carbons (Fsp3) is 0.543. The minimum absolute atomic E-state index is 0.00886. The molecule has 0 aromatic heterocycles. The van der Waals surface area contributed by atoms with Gasteiger partial charge in [-0.3, -0.25) is 19.2 Å². The number of nitrogens with one attached hydrogen (secondary N) is 1. The van der Waals surface area contributed by atoms with Crippen LogP contribution in [0.3, 0.4) is 0 Å². The zero-order valence-corrected chi connectivity index (χ0v) is 26.0. The van der Waals surface area contributed by atoms with Crippen LogP contribution in [0.25, 0.3) is 0 Å². The number of rotatable bonds is 11. The zero-order chi connectivity index (χ0) is 30.9. The molecule has 0 atom stereocenters. The molecular formula is C35H46N4O5. The Morgan fingerprint density at radius 2 is 1.61 bits per heavy atom. The van der Waals surface area contributed by atoms with Gasteiger partial charge in [0.1, 0.15) is 12.1 Å². The van der Waals surface area contributed by atoms with E-state index in [1.807, 2.05) is 47.4 Å². The monoisotopic (exact) mass is 602 g/mol. The average molecular weight is 603 g/mol. The van der Waals surface area contributed by atoms with Gasteiger partial charge in [-0.2, -0.15) is 0 Å². The van der Waals surface area contributed by atoms with E-state index in [-0.39, 0.29) is 30.2 Å². The summed E-state index contributed by atoms with van der Waals surface area (Å²) in [5, 5.41) is 2.92. The predicted molar refractivity (Wildman–Crippen MR) is 169 cm³/mol. The number of benzene rings is 2. The summed E-state index contributed by atoms with van der Waals surface area (Å²) < 4.78 is 4.66. The number of nitrogens with zero attached hydrogens (tertiary/aromatic N) is 3. The van der Waals surface area contributed by atoms with Crippen molar-refractivity contribution < 1.29 is 23.9 Å². The van der Waals surface area contributed by atoms with Crippen molar-refractivity contribution in [3.63, 3.8) is 0 Å². The molecule has 5 rings (SSSR count). The minimum Gasteiger partial charge on any atom is -0.469 e. The Labute approximate surface area is 260 Å². The largest absolute Gasteiger partial charge is 0.469 e. The Morgan fingerprint density at radius 1 is 0.909 bits per heavy atom. The first-order chi connectivity index (χ1) is 21.4. The summed E-state index contributed by atoms with van der Waals surface area (Å²) in [4.78, 5) is 57.2. The summed E-state index contributed by atoms with van der Waals surface area (Å²) in [6.07, 6.45) is 9.99. The lowest BCUT2D eigenvalue weighted by Crippen LogP contribution is -2.57. The van der Waals surface area contributed by atoms with Crippen molar-refractivity contribution in [2.45, 2.75) is 82.1 Å². The van der Waals surface area contributed by atoms with Gasteiger partial charge in [0, 0.05) is 37.3 Å². The van der Waals surface area contributed by atoms with E-state index in [1.54, 1.807) is 4.90 Å². The molecule has 0 radical (unpaired) electrons. The second kappa shape index (κ2) is 14.7. The van der Waals surface area contributed by atoms with E-state index in [9.17, 15) is 19.2 Å². The van der Waals surface area contributed by atoms with Crippen molar-refractivity contribution in [3.8, 4) is 0 Å². The second-order valence-electron chi connectivity index (χ2n) is 12.4. The highest BCUT2D eigenvalue weighted by Gasteiger charge is 2.54. The number of carbonyl (C=O) groups is 4. The highest BCUT2D eigenvalue weighted by molar-refractivity contribution is 5.97. The number of anilines is 1. The van der Waals surface area contributed by atoms with Crippen molar-refractivity contribution in [1.29, 1.82) is 0 Å². The smallest absolute Gasteiger partial charge is 0.305 e. The minimum atomic E-state index is -0.795. The van der Waals surface area contributed by atoms with E-state index in [0.717, 1.165) is 18.5 Å². The molecule has 2 saturated heterocycles. The molecule has 1 N–H and O–H groups in total. The Hall–Kier alpha value is -3.88. The summed E-state index contributed by atoms with van der Waals surface area (Å²) in [5.74, 6) is 0.133. The summed E-state index contributed by atoms with van der Waals surface area (Å²) in [6, 6.07) is 18.0. The number of carbonyl (C=O) groups excluding carboxylic acids is 4. The summed E-state index contributed by atoms with van der Waals surface area (Å²) >= 11 is 0. The Morgan fingerprint density at radius 3 is 2.30 bits per heavy atom.